The molecule has 0 bridgehead atoms. The molecule has 0 saturated carbocycles. The Balaban J connectivity index is 2.68. The Morgan fingerprint density at radius 3 is 1.29 bits per heavy atom. The molecule has 32 N–H and O–H groups in total. The number of hydrogen-bond donors (Lipinski definition) is 23. The van der Waals surface area contributed by atoms with Crippen LogP contribution in [0.4, 0.5) is 0 Å². The van der Waals surface area contributed by atoms with E-state index in [1.165, 1.54) is 20.0 Å². The molecule has 0 saturated heterocycles. The first kappa shape index (κ1) is 92.0. The van der Waals surface area contributed by atoms with Gasteiger partial charge in [0.05, 0.1) is 25.5 Å². The summed E-state index contributed by atoms with van der Waals surface area (Å²) in [5.74, 6) is -20.2. The molecule has 107 heavy (non-hydrogen) atoms. The van der Waals surface area contributed by atoms with Crippen molar-refractivity contribution >= 4 is 117 Å². The van der Waals surface area contributed by atoms with E-state index in [0.29, 0.717) is 22.9 Å². The SMILES string of the molecule is CC[C@H](C)[C@H](NC(=O)[C@H](CC(C)C)NC(=O)[C@H](CCCN=C(N)N)NC(=O)[C@H](CCC(N)=O)NC(=O)[C@H](CCC(N)=O)NC(=O)[C@H](Cc1c[nH]c2ccccc12)NC(=O)[C@H](CCCCN)NC(=O)[C@H](CCC(N)=O)NC(=O)[C@H](CO)NC(=O)[C@@H](NC(=O)[C@H](CC(N)=O)NC(=O)[C@@H](N)CC(N)=O)C(C)C)C(=O)O. The monoisotopic (exact) mass is 1510 g/mol. The van der Waals surface area contributed by atoms with Crippen LogP contribution >= 0.6 is 0 Å². The van der Waals surface area contributed by atoms with Gasteiger partial charge in [-0.3, -0.25) is 81.7 Å². The van der Waals surface area contributed by atoms with Crippen molar-refractivity contribution in [3.05, 3.63) is 36.0 Å². The van der Waals surface area contributed by atoms with E-state index in [1.807, 2.05) is 0 Å². The van der Waals surface area contributed by atoms with E-state index in [4.69, 9.17) is 51.6 Å². The van der Waals surface area contributed by atoms with Crippen LogP contribution in [0.2, 0.25) is 0 Å². The van der Waals surface area contributed by atoms with Crippen LogP contribution in [0.1, 0.15) is 143 Å². The molecule has 41 nitrogen and oxygen atoms in total. The standard InChI is InChI=1S/C66H108N22O19/c1-7-33(6)53(65(106)107)88-61(102)43(25-31(2)3)84-56(97)39(16-12-24-76-66(74)75)79-57(98)40(17-20-47(69)90)80-59(100)41(18-21-48(70)91)81-60(101)44(26-34-29-77-37-14-9-8-13-35(34)37)85-55(96)38(15-10-11-23-67)78-58(99)42(19-22-49(71)92)82-63(104)46(30-89)86-64(105)52(32(4)5)87-62(103)45(28-51(73)94)83-54(95)36(68)27-50(72)93/h8-9,13-14,29,31-33,36,38-46,52-53,77,89H,7,10-12,15-28,30,67-68H2,1-6H3,(H2,69,90)(H2,70,91)(H2,71,92)(H2,72,93)(H2,73,94)(H,78,99)(H,79,98)(H,80,100)(H,81,101)(H,82,104)(H,83,95)(H,84,97)(H,85,96)(H,86,105)(H,87,103)(H,88,102)(H,106,107)(H4,74,75,76)/t33-,36-,38-,39-,40-,41-,42-,43-,44-,45-,46-,52-,53-/m0/s1. The predicted octanol–water partition coefficient (Wildman–Crippen LogP) is -8.07. The zero-order valence-electron chi connectivity index (χ0n) is 61.0. The lowest BCUT2D eigenvalue weighted by atomic mass is 9.97. The van der Waals surface area contributed by atoms with E-state index in [1.54, 1.807) is 52.0 Å². The molecule has 0 fully saturated rings. The Hall–Kier alpha value is -11.1. The largest absolute Gasteiger partial charge is 0.480 e. The van der Waals surface area contributed by atoms with Gasteiger partial charge in [0.25, 0.3) is 0 Å². The van der Waals surface area contributed by atoms with Crippen molar-refractivity contribution in [3.8, 4) is 0 Å². The van der Waals surface area contributed by atoms with Crippen molar-refractivity contribution in [2.24, 2.45) is 74.3 Å². The van der Waals surface area contributed by atoms with Gasteiger partial charge in [0.1, 0.15) is 66.5 Å². The lowest BCUT2D eigenvalue weighted by molar-refractivity contribution is -0.144. The molecule has 596 valence electrons. The van der Waals surface area contributed by atoms with Crippen LogP contribution in [0.15, 0.2) is 35.5 Å². The Bertz CT molecular complexity index is 3470. The number of amides is 16. The molecule has 0 aliphatic heterocycles. The maximum absolute atomic E-state index is 15.0. The zero-order valence-corrected chi connectivity index (χ0v) is 61.0. The first-order valence-corrected chi connectivity index (χ1v) is 34.9. The maximum Gasteiger partial charge on any atom is 0.326 e. The number of unbranched alkanes of at least 4 members (excludes halogenated alkanes) is 1. The maximum atomic E-state index is 15.0. The van der Waals surface area contributed by atoms with E-state index in [2.05, 4.69) is 68.5 Å². The number of aromatic nitrogens is 1. The summed E-state index contributed by atoms with van der Waals surface area (Å²) >= 11 is 0. The highest BCUT2D eigenvalue weighted by Gasteiger charge is 2.39. The van der Waals surface area contributed by atoms with Crippen molar-refractivity contribution in [1.82, 2.24) is 63.5 Å². The third-order valence-corrected chi connectivity index (χ3v) is 16.8. The normalized spacial score (nSPS) is 14.8. The number of carboxylic acids is 1. The second-order valence-electron chi connectivity index (χ2n) is 26.6. The number of nitrogens with two attached hydrogens (primary N) is 9. The lowest BCUT2D eigenvalue weighted by Gasteiger charge is -2.29. The van der Waals surface area contributed by atoms with Gasteiger partial charge in [-0.25, -0.2) is 4.79 Å². The number of primary amides is 5. The number of aliphatic imine (C=N–C) groups is 1. The number of nitrogens with zero attached hydrogens (tertiary/aromatic N) is 1. The van der Waals surface area contributed by atoms with Crippen LogP contribution in [0.5, 0.6) is 0 Å². The number of H-pyrrole nitrogens is 1. The highest BCUT2D eigenvalue weighted by Crippen LogP contribution is 2.21. The summed E-state index contributed by atoms with van der Waals surface area (Å²) in [5, 5.41) is 47.7. The van der Waals surface area contributed by atoms with Crippen molar-refractivity contribution in [1.29, 1.82) is 0 Å². The highest BCUT2D eigenvalue weighted by atomic mass is 16.4. The smallest absolute Gasteiger partial charge is 0.326 e. The summed E-state index contributed by atoms with van der Waals surface area (Å²) in [6.07, 6.45) is -3.35. The highest BCUT2D eigenvalue weighted by molar-refractivity contribution is 6.01. The van der Waals surface area contributed by atoms with Crippen LogP contribution < -0.4 is 110 Å². The molecule has 2 rings (SSSR count). The zero-order chi connectivity index (χ0) is 80.9. The van der Waals surface area contributed by atoms with Gasteiger partial charge >= 0.3 is 5.97 Å². The molecule has 0 aliphatic carbocycles. The number of aromatic amines is 1. The van der Waals surface area contributed by atoms with Gasteiger partial charge < -0.3 is 125 Å². The number of nitrogens with one attached hydrogen (secondary N) is 12. The van der Waals surface area contributed by atoms with Gasteiger partial charge in [-0.05, 0) is 93.7 Å². The van der Waals surface area contributed by atoms with Crippen LogP contribution in [0.25, 0.3) is 10.9 Å². The van der Waals surface area contributed by atoms with Gasteiger partial charge in [0.15, 0.2) is 5.96 Å². The van der Waals surface area contributed by atoms with Gasteiger partial charge in [-0.1, -0.05) is 66.2 Å². The summed E-state index contributed by atoms with van der Waals surface area (Å²) in [6, 6.07) is -12.9. The van der Waals surface area contributed by atoms with Gasteiger partial charge in [-0.2, -0.15) is 0 Å². The number of fused-ring (bicyclic) bond motifs is 1. The number of para-hydroxylation sites is 1. The number of aliphatic hydroxyl groups excluding tert-OH is 1. The minimum atomic E-state index is -1.92. The Labute approximate surface area is 617 Å². The third kappa shape index (κ3) is 33.7. The Kier molecular flexibility index (Phi) is 40.1. The van der Waals surface area contributed by atoms with E-state index in [9.17, 15) is 91.7 Å². The number of carbonyl (C=O) groups excluding carboxylic acids is 16. The molecular weight excluding hydrogens is 1400 g/mol. The first-order chi connectivity index (χ1) is 50.2. The van der Waals surface area contributed by atoms with Crippen molar-refractivity contribution in [3.63, 3.8) is 0 Å². The molecule has 0 spiro atoms. The number of hydrogen-bond acceptors (Lipinski definition) is 21. The number of carboxylic acid groups (broad SMARTS) is 1. The Morgan fingerprint density at radius 2 is 0.860 bits per heavy atom. The van der Waals surface area contributed by atoms with Gasteiger partial charge in [0.2, 0.25) is 94.5 Å². The van der Waals surface area contributed by atoms with Crippen molar-refractivity contribution in [2.45, 2.75) is 217 Å². The first-order valence-electron chi connectivity index (χ1n) is 34.9. The van der Waals surface area contributed by atoms with Crippen LogP contribution in [0, 0.1) is 17.8 Å². The summed E-state index contributed by atoms with van der Waals surface area (Å²) in [4.78, 5) is 235. The molecule has 1 heterocycles. The van der Waals surface area contributed by atoms with Crippen molar-refractivity contribution < 1.29 is 91.7 Å². The topological polar surface area (TPSA) is 725 Å². The van der Waals surface area contributed by atoms with E-state index in [0.717, 1.165) is 0 Å². The number of guanidine groups is 1. The fourth-order valence-corrected chi connectivity index (χ4v) is 10.7. The minimum absolute atomic E-state index is 0.000440. The van der Waals surface area contributed by atoms with Crippen LogP contribution in [-0.4, -0.2) is 214 Å². The van der Waals surface area contributed by atoms with Crippen LogP contribution in [0.3, 0.4) is 0 Å². The summed E-state index contributed by atoms with van der Waals surface area (Å²) in [6.45, 7) is 8.57. The van der Waals surface area contributed by atoms with Gasteiger partial charge in [0, 0.05) is 49.3 Å². The molecule has 13 atom stereocenters. The molecule has 2 aromatic rings. The predicted molar refractivity (Wildman–Crippen MR) is 385 cm³/mol. The second kappa shape index (κ2) is 46.7. The van der Waals surface area contributed by atoms with Crippen LogP contribution in [-0.2, 0) is 87.9 Å². The fourth-order valence-electron chi connectivity index (χ4n) is 10.7. The molecule has 0 unspecified atom stereocenters. The number of aliphatic hydroxyl groups is 1. The second-order valence-corrected chi connectivity index (χ2v) is 26.6. The number of benzene rings is 1. The number of carbonyl (C=O) groups is 17. The molecule has 0 radical (unpaired) electrons. The number of aliphatic carboxylic acids is 1. The lowest BCUT2D eigenvalue weighted by Crippen LogP contribution is -2.62. The summed E-state index contributed by atoms with van der Waals surface area (Å²) in [5.41, 5.74) is 50.5. The minimum Gasteiger partial charge on any atom is -0.480 e. The van der Waals surface area contributed by atoms with E-state index in [-0.39, 0.29) is 69.9 Å². The summed E-state index contributed by atoms with van der Waals surface area (Å²) < 4.78 is 0. The van der Waals surface area contributed by atoms with E-state index >= 15 is 0 Å². The molecule has 1 aromatic carbocycles. The van der Waals surface area contributed by atoms with E-state index < -0.39 is 243 Å². The quantitative estimate of drug-likeness (QED) is 0.0166. The average Bonchev–Trinajstić information content (AvgIpc) is 1.81. The summed E-state index contributed by atoms with van der Waals surface area (Å²) in [7, 11) is 0. The Morgan fingerprint density at radius 1 is 0.458 bits per heavy atom. The van der Waals surface area contributed by atoms with Crippen molar-refractivity contribution in [2.75, 3.05) is 19.7 Å². The molecular formula is C66H108N22O19. The fraction of sp³-hybridized carbons (Fsp3) is 0.606. The molecule has 1 aromatic heterocycles. The molecule has 16 amide bonds. The molecule has 0 aliphatic rings. The molecule has 41 heteroatoms. The van der Waals surface area contributed by atoms with Gasteiger partial charge in [-0.15, -0.1) is 0 Å². The third-order valence-electron chi connectivity index (χ3n) is 16.8. The average molecular weight is 1510 g/mol. The number of rotatable bonds is 52.